The van der Waals surface area contributed by atoms with Crippen molar-refractivity contribution in [3.05, 3.63) is 35.5 Å². The van der Waals surface area contributed by atoms with Gasteiger partial charge in [0.2, 0.25) is 6.29 Å². The second-order valence-electron chi connectivity index (χ2n) is 7.94. The third kappa shape index (κ3) is 4.65. The van der Waals surface area contributed by atoms with Crippen molar-refractivity contribution in [3.8, 4) is 0 Å². The monoisotopic (exact) mass is 424 g/mol. The van der Waals surface area contributed by atoms with Crippen LogP contribution in [0.3, 0.4) is 0 Å². The topological polar surface area (TPSA) is 143 Å². The highest BCUT2D eigenvalue weighted by Crippen LogP contribution is 2.35. The molecule has 2 saturated heterocycles. The molecule has 0 bridgehead atoms. The zero-order chi connectivity index (χ0) is 22.0. The van der Waals surface area contributed by atoms with E-state index in [-0.39, 0.29) is 12.0 Å². The molecule has 30 heavy (non-hydrogen) atoms. The third-order valence-corrected chi connectivity index (χ3v) is 5.80. The molecule has 0 aromatic rings. The first-order valence-electron chi connectivity index (χ1n) is 9.98. The molecule has 0 radical (unpaired) electrons. The lowest BCUT2D eigenvalue weighted by atomic mass is 9.88. The van der Waals surface area contributed by atoms with E-state index in [2.05, 4.69) is 6.58 Å². The van der Waals surface area contributed by atoms with E-state index in [0.29, 0.717) is 36.8 Å². The van der Waals surface area contributed by atoms with Gasteiger partial charge in [-0.25, -0.2) is 9.59 Å². The Bertz CT molecular complexity index is 754. The van der Waals surface area contributed by atoms with Crippen LogP contribution in [-0.4, -0.2) is 75.8 Å². The lowest BCUT2D eigenvalue weighted by Gasteiger charge is -2.39. The van der Waals surface area contributed by atoms with Crippen LogP contribution >= 0.6 is 0 Å². The van der Waals surface area contributed by atoms with Gasteiger partial charge in [0.1, 0.15) is 30.5 Å². The standard InChI is InChI=1S/C21H28O9/c1-10-4-3-5-12(6-7-13-11(2)19(26)28-14(13)8-10)20(27)30-21-18(25)17(24)16(23)15(9-22)29-21/h4,6,13-18,21-25H,2-3,5,7-9H2,1H3/b10-4+,12-6-/t13-,14+,15+,16-,17-,18-,21-/m1/s1. The molecule has 1 aliphatic carbocycles. The lowest BCUT2D eigenvalue weighted by molar-refractivity contribution is -0.291. The number of esters is 2. The highest BCUT2D eigenvalue weighted by molar-refractivity contribution is 5.91. The van der Waals surface area contributed by atoms with Crippen LogP contribution in [0.25, 0.3) is 0 Å². The number of carbonyl (C=O) groups is 2. The smallest absolute Gasteiger partial charge is 0.336 e. The summed E-state index contributed by atoms with van der Waals surface area (Å²) in [6.45, 7) is 5.12. The van der Waals surface area contributed by atoms with E-state index >= 15 is 0 Å². The van der Waals surface area contributed by atoms with E-state index in [4.69, 9.17) is 14.2 Å². The van der Waals surface area contributed by atoms with Crippen LogP contribution in [0.4, 0.5) is 0 Å². The van der Waals surface area contributed by atoms with E-state index in [1.165, 1.54) is 0 Å². The van der Waals surface area contributed by atoms with Gasteiger partial charge < -0.3 is 34.6 Å². The molecule has 3 aliphatic rings. The van der Waals surface area contributed by atoms with Crippen LogP contribution < -0.4 is 0 Å². The summed E-state index contributed by atoms with van der Waals surface area (Å²) in [6.07, 6.45) is -2.35. The van der Waals surface area contributed by atoms with Gasteiger partial charge in [-0.15, -0.1) is 0 Å². The van der Waals surface area contributed by atoms with Gasteiger partial charge in [-0.3, -0.25) is 0 Å². The zero-order valence-corrected chi connectivity index (χ0v) is 16.8. The summed E-state index contributed by atoms with van der Waals surface area (Å²) in [5.41, 5.74) is 1.73. The summed E-state index contributed by atoms with van der Waals surface area (Å²) < 4.78 is 15.9. The first kappa shape index (κ1) is 22.6. The molecule has 7 atom stereocenters. The van der Waals surface area contributed by atoms with Crippen LogP contribution in [-0.2, 0) is 23.8 Å². The van der Waals surface area contributed by atoms with Crippen molar-refractivity contribution in [1.82, 2.24) is 0 Å². The van der Waals surface area contributed by atoms with Crippen molar-refractivity contribution in [2.24, 2.45) is 5.92 Å². The molecule has 166 valence electrons. The average Bonchev–Trinajstić information content (AvgIpc) is 2.97. The summed E-state index contributed by atoms with van der Waals surface area (Å²) in [6, 6.07) is 0. The number of carbonyl (C=O) groups excluding carboxylic acids is 2. The number of rotatable bonds is 3. The van der Waals surface area contributed by atoms with Crippen molar-refractivity contribution < 1.29 is 44.2 Å². The Labute approximate surface area is 174 Å². The van der Waals surface area contributed by atoms with Crippen molar-refractivity contribution >= 4 is 11.9 Å². The Morgan fingerprint density at radius 1 is 1.23 bits per heavy atom. The number of aliphatic hydroxyl groups excluding tert-OH is 4. The number of fused-ring (bicyclic) bond motifs is 1. The third-order valence-electron chi connectivity index (χ3n) is 5.80. The maximum Gasteiger partial charge on any atom is 0.336 e. The van der Waals surface area contributed by atoms with Gasteiger partial charge in [0.15, 0.2) is 0 Å². The molecule has 0 amide bonds. The van der Waals surface area contributed by atoms with Crippen LogP contribution in [0.2, 0.25) is 0 Å². The minimum Gasteiger partial charge on any atom is -0.458 e. The molecular weight excluding hydrogens is 396 g/mol. The van der Waals surface area contributed by atoms with Gasteiger partial charge in [0, 0.05) is 23.5 Å². The minimum atomic E-state index is -1.67. The van der Waals surface area contributed by atoms with Gasteiger partial charge >= 0.3 is 11.9 Å². The molecule has 9 nitrogen and oxygen atoms in total. The molecule has 0 aromatic carbocycles. The highest BCUT2D eigenvalue weighted by Gasteiger charge is 2.45. The van der Waals surface area contributed by atoms with Gasteiger partial charge in [-0.1, -0.05) is 24.3 Å². The van der Waals surface area contributed by atoms with Crippen molar-refractivity contribution in [1.29, 1.82) is 0 Å². The van der Waals surface area contributed by atoms with Gasteiger partial charge in [0.05, 0.1) is 6.61 Å². The van der Waals surface area contributed by atoms with E-state index in [9.17, 15) is 30.0 Å². The number of hydrogen-bond acceptors (Lipinski definition) is 9. The second kappa shape index (κ2) is 9.40. The normalized spacial score (nSPS) is 41.0. The predicted octanol–water partition coefficient (Wildman–Crippen LogP) is -0.126. The summed E-state index contributed by atoms with van der Waals surface area (Å²) in [7, 11) is 0. The van der Waals surface area contributed by atoms with Crippen molar-refractivity contribution in [2.75, 3.05) is 6.61 Å². The van der Waals surface area contributed by atoms with Crippen LogP contribution in [0, 0.1) is 5.92 Å². The number of ether oxygens (including phenoxy) is 3. The Hall–Kier alpha value is -2.04. The van der Waals surface area contributed by atoms with Crippen molar-refractivity contribution in [2.45, 2.75) is 69.4 Å². The Morgan fingerprint density at radius 2 is 1.97 bits per heavy atom. The molecule has 2 fully saturated rings. The Kier molecular flexibility index (Phi) is 7.10. The van der Waals surface area contributed by atoms with Gasteiger partial charge in [-0.2, -0.15) is 0 Å². The fourth-order valence-corrected chi connectivity index (χ4v) is 3.93. The molecule has 0 spiro atoms. The second-order valence-corrected chi connectivity index (χ2v) is 7.94. The lowest BCUT2D eigenvalue weighted by Crippen LogP contribution is -2.59. The fourth-order valence-electron chi connectivity index (χ4n) is 3.93. The van der Waals surface area contributed by atoms with Crippen LogP contribution in [0.15, 0.2) is 35.5 Å². The Balaban J connectivity index is 1.75. The molecule has 0 saturated carbocycles. The summed E-state index contributed by atoms with van der Waals surface area (Å²) in [5, 5.41) is 39.1. The van der Waals surface area contributed by atoms with E-state index < -0.39 is 49.3 Å². The van der Waals surface area contributed by atoms with Crippen LogP contribution in [0.5, 0.6) is 0 Å². The summed E-state index contributed by atoms with van der Waals surface area (Å²) >= 11 is 0. The molecule has 2 aliphatic heterocycles. The summed E-state index contributed by atoms with van der Waals surface area (Å²) in [5.74, 6) is -1.44. The van der Waals surface area contributed by atoms with E-state index in [0.717, 1.165) is 5.57 Å². The molecule has 3 rings (SSSR count). The number of allylic oxidation sites excluding steroid dienone is 2. The number of aliphatic hydroxyl groups is 4. The first-order valence-corrected chi connectivity index (χ1v) is 9.98. The molecule has 2 heterocycles. The predicted molar refractivity (Wildman–Crippen MR) is 103 cm³/mol. The summed E-state index contributed by atoms with van der Waals surface area (Å²) in [4.78, 5) is 24.7. The van der Waals surface area contributed by atoms with Gasteiger partial charge in [-0.05, 0) is 26.2 Å². The molecule has 4 N–H and O–H groups in total. The molecule has 0 unspecified atom stereocenters. The highest BCUT2D eigenvalue weighted by atomic mass is 16.7. The fraction of sp³-hybridized carbons (Fsp3) is 0.619. The largest absolute Gasteiger partial charge is 0.458 e. The van der Waals surface area contributed by atoms with Crippen molar-refractivity contribution in [3.63, 3.8) is 0 Å². The first-order chi connectivity index (χ1) is 14.2. The zero-order valence-electron chi connectivity index (χ0n) is 16.8. The van der Waals surface area contributed by atoms with E-state index in [1.54, 1.807) is 6.08 Å². The SMILES string of the molecule is C=C1C(=O)O[C@H]2C/C(C)=C/CC/C(C(=O)O[C@H]3O[C@@H](CO)[C@@H](O)[C@@H](O)[C@H]3O)=C/C[C@H]12. The molecule has 9 heteroatoms. The quantitative estimate of drug-likeness (QED) is 0.277. The number of hydrogen-bond donors (Lipinski definition) is 4. The van der Waals surface area contributed by atoms with Crippen LogP contribution in [0.1, 0.15) is 32.6 Å². The van der Waals surface area contributed by atoms with E-state index in [1.807, 2.05) is 13.0 Å². The Morgan fingerprint density at radius 3 is 2.67 bits per heavy atom. The maximum absolute atomic E-state index is 12.7. The molecular formula is C21H28O9. The maximum atomic E-state index is 12.7. The van der Waals surface area contributed by atoms with Gasteiger partial charge in [0.25, 0.3) is 0 Å². The minimum absolute atomic E-state index is 0.256. The molecule has 0 aromatic heterocycles. The average molecular weight is 424 g/mol.